The minimum atomic E-state index is -4.51. The number of hydrogen-bond donors (Lipinski definition) is 0. The van der Waals surface area contributed by atoms with Gasteiger partial charge < -0.3 is 0 Å². The molecule has 96 valence electrons. The third-order valence-electron chi connectivity index (χ3n) is 3.16. The highest BCUT2D eigenvalue weighted by atomic mass is 19.4. The molecule has 0 fully saturated rings. The van der Waals surface area contributed by atoms with Crippen molar-refractivity contribution in [2.45, 2.75) is 24.9 Å². The van der Waals surface area contributed by atoms with Crippen molar-refractivity contribution in [2.24, 2.45) is 0 Å². The molecule has 1 aliphatic rings. The summed E-state index contributed by atoms with van der Waals surface area (Å²) in [6.45, 7) is 1.80. The monoisotopic (exact) mass is 256 g/mol. The molecule has 0 saturated heterocycles. The summed E-state index contributed by atoms with van der Waals surface area (Å²) in [5.41, 5.74) is -1.25. The van der Waals surface area contributed by atoms with E-state index in [1.165, 1.54) is 6.07 Å². The van der Waals surface area contributed by atoms with E-state index in [0.717, 1.165) is 6.07 Å². The summed E-state index contributed by atoms with van der Waals surface area (Å²) in [7, 11) is 0. The van der Waals surface area contributed by atoms with E-state index in [4.69, 9.17) is 0 Å². The van der Waals surface area contributed by atoms with Crippen molar-refractivity contribution in [1.82, 2.24) is 0 Å². The molecule has 0 heterocycles. The smallest absolute Gasteiger partial charge is 0.207 e. The SMILES string of the molecule is CC1(c2ccc(C(F)(F)F)cc2F)C=CC=CC1. The molecule has 0 amide bonds. The highest BCUT2D eigenvalue weighted by Crippen LogP contribution is 2.36. The van der Waals surface area contributed by atoms with Gasteiger partial charge >= 0.3 is 6.18 Å². The minimum Gasteiger partial charge on any atom is -0.207 e. The van der Waals surface area contributed by atoms with E-state index < -0.39 is 23.0 Å². The van der Waals surface area contributed by atoms with Crippen LogP contribution in [0.3, 0.4) is 0 Å². The lowest BCUT2D eigenvalue weighted by Crippen LogP contribution is -2.21. The molecular weight excluding hydrogens is 244 g/mol. The summed E-state index contributed by atoms with van der Waals surface area (Å²) in [4.78, 5) is 0. The number of allylic oxidation sites excluding steroid dienone is 4. The van der Waals surface area contributed by atoms with Gasteiger partial charge in [-0.3, -0.25) is 0 Å². The van der Waals surface area contributed by atoms with Crippen LogP contribution in [0.25, 0.3) is 0 Å². The average Bonchev–Trinajstić information content (AvgIpc) is 2.28. The lowest BCUT2D eigenvalue weighted by atomic mass is 9.77. The molecule has 0 bridgehead atoms. The van der Waals surface area contributed by atoms with Crippen LogP contribution in [0.2, 0.25) is 0 Å². The van der Waals surface area contributed by atoms with Crippen molar-refractivity contribution < 1.29 is 17.6 Å². The summed E-state index contributed by atoms with van der Waals surface area (Å²) < 4.78 is 51.2. The minimum absolute atomic E-state index is 0.288. The Morgan fingerprint density at radius 1 is 1.17 bits per heavy atom. The molecule has 1 unspecified atom stereocenters. The van der Waals surface area contributed by atoms with E-state index in [9.17, 15) is 17.6 Å². The Bertz CT molecular complexity index is 511. The third kappa shape index (κ3) is 2.33. The van der Waals surface area contributed by atoms with Crippen molar-refractivity contribution in [1.29, 1.82) is 0 Å². The van der Waals surface area contributed by atoms with E-state index >= 15 is 0 Å². The van der Waals surface area contributed by atoms with Gasteiger partial charge in [-0.1, -0.05) is 37.3 Å². The highest BCUT2D eigenvalue weighted by molar-refractivity contribution is 5.38. The van der Waals surface area contributed by atoms with Crippen LogP contribution in [-0.4, -0.2) is 0 Å². The Hall–Kier alpha value is -1.58. The quantitative estimate of drug-likeness (QED) is 0.643. The molecule has 0 aromatic heterocycles. The van der Waals surface area contributed by atoms with Crippen molar-refractivity contribution in [3.8, 4) is 0 Å². The number of halogens is 4. The molecule has 0 saturated carbocycles. The van der Waals surface area contributed by atoms with Gasteiger partial charge in [-0.05, 0) is 24.1 Å². The fraction of sp³-hybridized carbons (Fsp3) is 0.286. The van der Waals surface area contributed by atoms with Gasteiger partial charge in [0.2, 0.25) is 0 Å². The number of alkyl halides is 3. The Morgan fingerprint density at radius 3 is 2.39 bits per heavy atom. The second kappa shape index (κ2) is 4.26. The maximum absolute atomic E-state index is 13.9. The maximum Gasteiger partial charge on any atom is 0.416 e. The first-order valence-corrected chi connectivity index (χ1v) is 5.54. The second-order valence-electron chi connectivity index (χ2n) is 4.60. The van der Waals surface area contributed by atoms with Crippen molar-refractivity contribution in [3.63, 3.8) is 0 Å². The molecule has 0 nitrogen and oxygen atoms in total. The standard InChI is InChI=1S/C14H12F4/c1-13(7-3-2-4-8-13)11-6-5-10(9-12(11)15)14(16,17)18/h2-7,9H,8H2,1H3. The summed E-state index contributed by atoms with van der Waals surface area (Å²) in [6, 6.07) is 2.71. The predicted octanol–water partition coefficient (Wildman–Crippen LogP) is 4.62. The Kier molecular flexibility index (Phi) is 3.05. The average molecular weight is 256 g/mol. The summed E-state index contributed by atoms with van der Waals surface area (Å²) in [6.07, 6.45) is 3.36. The van der Waals surface area contributed by atoms with Gasteiger partial charge in [-0.15, -0.1) is 0 Å². The summed E-state index contributed by atoms with van der Waals surface area (Å²) in [5, 5.41) is 0. The van der Waals surface area contributed by atoms with Crippen LogP contribution in [0.1, 0.15) is 24.5 Å². The molecule has 18 heavy (non-hydrogen) atoms. The van der Waals surface area contributed by atoms with Gasteiger partial charge in [-0.2, -0.15) is 13.2 Å². The van der Waals surface area contributed by atoms with Crippen LogP contribution in [0.15, 0.2) is 42.5 Å². The normalized spacial score (nSPS) is 23.4. The van der Waals surface area contributed by atoms with Crippen LogP contribution in [0, 0.1) is 5.82 Å². The first-order chi connectivity index (χ1) is 8.33. The zero-order chi connectivity index (χ0) is 13.4. The number of hydrogen-bond acceptors (Lipinski definition) is 0. The van der Waals surface area contributed by atoms with Crippen LogP contribution in [0.4, 0.5) is 17.6 Å². The van der Waals surface area contributed by atoms with E-state index in [0.29, 0.717) is 12.5 Å². The van der Waals surface area contributed by atoms with E-state index in [1.54, 1.807) is 19.1 Å². The van der Waals surface area contributed by atoms with Crippen LogP contribution in [0.5, 0.6) is 0 Å². The molecule has 0 aliphatic heterocycles. The molecule has 0 radical (unpaired) electrons. The lowest BCUT2D eigenvalue weighted by molar-refractivity contribution is -0.137. The number of rotatable bonds is 1. The lowest BCUT2D eigenvalue weighted by Gasteiger charge is -2.27. The van der Waals surface area contributed by atoms with Gasteiger partial charge in [0.05, 0.1) is 5.56 Å². The fourth-order valence-electron chi connectivity index (χ4n) is 2.08. The van der Waals surface area contributed by atoms with E-state index in [1.807, 2.05) is 12.2 Å². The first kappa shape index (κ1) is 12.9. The van der Waals surface area contributed by atoms with Crippen LogP contribution >= 0.6 is 0 Å². The third-order valence-corrected chi connectivity index (χ3v) is 3.16. The Labute approximate surface area is 103 Å². The van der Waals surface area contributed by atoms with Crippen molar-refractivity contribution in [3.05, 3.63) is 59.4 Å². The molecule has 1 aromatic rings. The van der Waals surface area contributed by atoms with Crippen molar-refractivity contribution >= 4 is 0 Å². The second-order valence-corrected chi connectivity index (χ2v) is 4.60. The molecule has 0 spiro atoms. The van der Waals surface area contributed by atoms with E-state index in [2.05, 4.69) is 0 Å². The first-order valence-electron chi connectivity index (χ1n) is 5.54. The molecule has 1 atom stereocenters. The van der Waals surface area contributed by atoms with Gasteiger partial charge in [0.1, 0.15) is 5.82 Å². The Morgan fingerprint density at radius 2 is 1.89 bits per heavy atom. The molecule has 4 heteroatoms. The van der Waals surface area contributed by atoms with Crippen LogP contribution in [-0.2, 0) is 11.6 Å². The summed E-state index contributed by atoms with van der Waals surface area (Å²) >= 11 is 0. The predicted molar refractivity (Wildman–Crippen MR) is 61.7 cm³/mol. The molecule has 1 aliphatic carbocycles. The number of benzene rings is 1. The maximum atomic E-state index is 13.9. The summed E-state index contributed by atoms with van der Waals surface area (Å²) in [5.74, 6) is -0.813. The zero-order valence-corrected chi connectivity index (χ0v) is 9.76. The van der Waals surface area contributed by atoms with Gasteiger partial charge in [0.25, 0.3) is 0 Å². The van der Waals surface area contributed by atoms with Gasteiger partial charge in [0, 0.05) is 5.41 Å². The van der Waals surface area contributed by atoms with Crippen molar-refractivity contribution in [2.75, 3.05) is 0 Å². The highest BCUT2D eigenvalue weighted by Gasteiger charge is 2.33. The Balaban J connectivity index is 2.42. The molecule has 1 aromatic carbocycles. The van der Waals surface area contributed by atoms with Crippen LogP contribution < -0.4 is 0 Å². The molecular formula is C14H12F4. The topological polar surface area (TPSA) is 0 Å². The largest absolute Gasteiger partial charge is 0.416 e. The zero-order valence-electron chi connectivity index (χ0n) is 9.76. The van der Waals surface area contributed by atoms with E-state index in [-0.39, 0.29) is 5.56 Å². The molecule has 0 N–H and O–H groups in total. The fourth-order valence-corrected chi connectivity index (χ4v) is 2.08. The van der Waals surface area contributed by atoms with Gasteiger partial charge in [0.15, 0.2) is 0 Å². The van der Waals surface area contributed by atoms with Gasteiger partial charge in [-0.25, -0.2) is 4.39 Å². The molecule has 2 rings (SSSR count).